The van der Waals surface area contributed by atoms with Gasteiger partial charge in [-0.1, -0.05) is 194 Å². The molecule has 0 rings (SSSR count). The first kappa shape index (κ1) is 101. The highest BCUT2D eigenvalue weighted by atomic mass is 19.3. The number of hydrogen-bond donors (Lipinski definition) is 13. The predicted molar refractivity (Wildman–Crippen MR) is 342 cm³/mol. The maximum Gasteiger partial charge on any atom is 0.275 e. The van der Waals surface area contributed by atoms with Gasteiger partial charge in [-0.25, -0.2) is 17.6 Å². The molecule has 0 aliphatic carbocycles. The summed E-state index contributed by atoms with van der Waals surface area (Å²) in [4.78, 5) is 0. The number of alkyl halides is 4. The van der Waals surface area contributed by atoms with Crippen LogP contribution in [0.15, 0.2) is 0 Å². The third kappa shape index (κ3) is 61.2. The van der Waals surface area contributed by atoms with Crippen molar-refractivity contribution in [2.24, 2.45) is 64.6 Å². The van der Waals surface area contributed by atoms with E-state index >= 15 is 0 Å². The normalized spacial score (nSPS) is 16.6. The fourth-order valence-electron chi connectivity index (χ4n) is 6.51. The van der Waals surface area contributed by atoms with Gasteiger partial charge in [0.25, 0.3) is 11.8 Å². The molecule has 516 valence electrons. The molecule has 0 saturated heterocycles. The van der Waals surface area contributed by atoms with E-state index in [0.29, 0.717) is 54.8 Å². The summed E-state index contributed by atoms with van der Waals surface area (Å²) in [5.74, 6) is -4.04. The Morgan fingerprint density at radius 1 is 0.289 bits per heavy atom. The first-order valence-electron chi connectivity index (χ1n) is 31.8. The maximum absolute atomic E-state index is 12.7. The lowest BCUT2D eigenvalue weighted by molar-refractivity contribution is -0.139. The summed E-state index contributed by atoms with van der Waals surface area (Å²) in [7, 11) is 0. The number of halogens is 4. The van der Waals surface area contributed by atoms with Crippen LogP contribution in [-0.4, -0.2) is 158 Å². The fourth-order valence-corrected chi connectivity index (χ4v) is 6.51. The van der Waals surface area contributed by atoms with Gasteiger partial charge in [-0.15, -0.1) is 0 Å². The number of aliphatic hydroxyl groups excluding tert-OH is 13. The predicted octanol–water partition coefficient (Wildman–Crippen LogP) is 13.5. The molecule has 13 N–H and O–H groups in total. The molecular formula is C66H146F4O13. The van der Waals surface area contributed by atoms with E-state index in [1.165, 1.54) is 27.7 Å². The van der Waals surface area contributed by atoms with Crippen molar-refractivity contribution >= 4 is 0 Å². The van der Waals surface area contributed by atoms with E-state index in [1.54, 1.807) is 27.7 Å². The van der Waals surface area contributed by atoms with E-state index in [4.69, 9.17) is 56.2 Å². The average Bonchev–Trinajstić information content (AvgIpc) is 3.36. The Morgan fingerprint density at radius 2 is 0.542 bits per heavy atom. The summed E-state index contributed by atoms with van der Waals surface area (Å²) in [6.07, 6.45) is -1.17. The third-order valence-electron chi connectivity index (χ3n) is 14.1. The topological polar surface area (TPSA) is 263 Å². The van der Waals surface area contributed by atoms with Gasteiger partial charge in [0.1, 0.15) is 12.2 Å². The Labute approximate surface area is 509 Å². The van der Waals surface area contributed by atoms with Crippen molar-refractivity contribution in [3.63, 3.8) is 0 Å². The van der Waals surface area contributed by atoms with Crippen molar-refractivity contribution in [2.45, 2.75) is 363 Å². The summed E-state index contributed by atoms with van der Waals surface area (Å²) >= 11 is 0. The molecule has 0 heterocycles. The molecule has 0 aliphatic heterocycles. The minimum Gasteiger partial charge on any atom is -0.393 e. The van der Waals surface area contributed by atoms with Crippen molar-refractivity contribution in [3.8, 4) is 0 Å². The standard InChI is InChI=1S/C9H20O2.C8H18O.2C7H14F2O.3C7H16O2.2C7H16O/c1-6(2)9(4,5)8(11)7(3)10;1-6(2)5-8(9)7(3)4;2*1-4-6(10)7(8,9)5(2)3;1-5(2)4-7(9)6(3)8;2*1-4-6(8)7(9)5(2)3;2*1-4-7(8)5-6(2)3/h6-8,10-11H,1-5H3;6-9H,5H2,1-4H3;2*5-6,10H,4H2,1-3H3;3*5-9H,4H2,1-3H3;2*6-8H,4-5H2,1-3H3/t;8-;2*6-;6?,7-;2*6-,7-;2*7-/m.01011010/s1. The SMILES string of the molecule is CC(C)C[C@@H](O)C(C)O.CC(C)C[C@H](O)C(C)C.CC(O)C(O)C(C)(C)C(C)C.CC[C@@H](O)C(F)(F)C(C)C.CC[C@@H](O)CC(C)C.CC[C@@H](O)[C@H](O)C(C)C.CC[C@H](O)C(F)(F)C(C)C.CC[C@H](O)CC(C)C.CC[C@H](O)[C@@H](O)C(C)C. The summed E-state index contributed by atoms with van der Waals surface area (Å²) in [6.45, 7) is 56.1. The minimum atomic E-state index is -2.94. The Hall–Kier alpha value is -0.800. The Bertz CT molecular complexity index is 1240. The van der Waals surface area contributed by atoms with E-state index < -0.39 is 84.7 Å². The largest absolute Gasteiger partial charge is 0.393 e. The Morgan fingerprint density at radius 3 is 0.614 bits per heavy atom. The van der Waals surface area contributed by atoms with Gasteiger partial charge in [-0.2, -0.15) is 0 Å². The van der Waals surface area contributed by atoms with Crippen LogP contribution in [0.1, 0.15) is 272 Å². The fraction of sp³-hybridized carbons (Fsp3) is 1.00. The van der Waals surface area contributed by atoms with Gasteiger partial charge in [-0.05, 0) is 131 Å². The van der Waals surface area contributed by atoms with Crippen LogP contribution in [0, 0.1) is 64.6 Å². The van der Waals surface area contributed by atoms with Crippen molar-refractivity contribution < 1.29 is 83.9 Å². The van der Waals surface area contributed by atoms with Gasteiger partial charge in [0.05, 0.1) is 67.1 Å². The second kappa shape index (κ2) is 56.4. The third-order valence-corrected chi connectivity index (χ3v) is 14.1. The van der Waals surface area contributed by atoms with E-state index in [2.05, 4.69) is 41.5 Å². The van der Waals surface area contributed by atoms with Gasteiger partial charge in [0, 0.05) is 11.8 Å². The molecule has 0 radical (unpaired) electrons. The lowest BCUT2D eigenvalue weighted by atomic mass is 9.74. The minimum absolute atomic E-state index is 0.0741. The summed E-state index contributed by atoms with van der Waals surface area (Å²) in [5, 5.41) is 118. The quantitative estimate of drug-likeness (QED) is 0.0342. The molecule has 83 heavy (non-hydrogen) atoms. The van der Waals surface area contributed by atoms with Crippen LogP contribution >= 0.6 is 0 Å². The Balaban J connectivity index is -0.000000106. The maximum atomic E-state index is 12.7. The van der Waals surface area contributed by atoms with Crippen LogP contribution in [0.2, 0.25) is 0 Å². The molecule has 3 unspecified atom stereocenters. The van der Waals surface area contributed by atoms with Crippen LogP contribution in [0.5, 0.6) is 0 Å². The van der Waals surface area contributed by atoms with E-state index in [0.717, 1.165) is 32.1 Å². The van der Waals surface area contributed by atoms with Crippen LogP contribution in [0.4, 0.5) is 17.6 Å². The molecule has 0 bridgehead atoms. The highest BCUT2D eigenvalue weighted by Crippen LogP contribution is 2.32. The van der Waals surface area contributed by atoms with Crippen LogP contribution in [-0.2, 0) is 0 Å². The van der Waals surface area contributed by atoms with E-state index in [1.807, 2.05) is 111 Å². The monoisotopic (exact) mass is 1220 g/mol. The summed E-state index contributed by atoms with van der Waals surface area (Å²) < 4.78 is 50.8. The molecule has 0 fully saturated rings. The first-order valence-corrected chi connectivity index (χ1v) is 31.8. The van der Waals surface area contributed by atoms with Crippen LogP contribution in [0.3, 0.4) is 0 Å². The molecule has 17 heteroatoms. The van der Waals surface area contributed by atoms with Crippen molar-refractivity contribution in [1.82, 2.24) is 0 Å². The second-order valence-corrected chi connectivity index (χ2v) is 26.9. The van der Waals surface area contributed by atoms with E-state index in [9.17, 15) is 27.8 Å². The molecule has 0 aromatic rings. The van der Waals surface area contributed by atoms with Gasteiger partial charge in [0.15, 0.2) is 0 Å². The molecular weight excluding hydrogens is 1080 g/mol. The lowest BCUT2D eigenvalue weighted by Gasteiger charge is -2.36. The summed E-state index contributed by atoms with van der Waals surface area (Å²) in [5.41, 5.74) is -0.214. The van der Waals surface area contributed by atoms with Gasteiger partial charge in [0.2, 0.25) is 0 Å². The number of aliphatic hydroxyl groups is 13. The highest BCUT2D eigenvalue weighted by Gasteiger charge is 2.41. The lowest BCUT2D eigenvalue weighted by Crippen LogP contribution is -2.41. The molecule has 0 aromatic carbocycles. The zero-order valence-corrected chi connectivity index (χ0v) is 59.2. The molecule has 13 nitrogen and oxygen atoms in total. The molecule has 0 aromatic heterocycles. The zero-order chi connectivity index (χ0) is 68.9. The average molecular weight is 1220 g/mol. The van der Waals surface area contributed by atoms with Gasteiger partial charge >= 0.3 is 0 Å². The first-order chi connectivity index (χ1) is 37.2. The number of rotatable bonds is 27. The molecule has 13 atom stereocenters. The van der Waals surface area contributed by atoms with Crippen LogP contribution < -0.4 is 0 Å². The Kier molecular flexibility index (Phi) is 68.8. The zero-order valence-electron chi connectivity index (χ0n) is 59.2. The molecule has 0 saturated carbocycles. The van der Waals surface area contributed by atoms with E-state index in [-0.39, 0.29) is 48.4 Å². The number of hydrogen-bond acceptors (Lipinski definition) is 13. The summed E-state index contributed by atoms with van der Waals surface area (Å²) in [6, 6.07) is 0. The highest BCUT2D eigenvalue weighted by molar-refractivity contribution is 4.84. The van der Waals surface area contributed by atoms with Crippen molar-refractivity contribution in [1.29, 1.82) is 0 Å². The van der Waals surface area contributed by atoms with Gasteiger partial charge < -0.3 is 66.4 Å². The molecule has 0 aliphatic rings. The molecule has 0 spiro atoms. The smallest absolute Gasteiger partial charge is 0.275 e. The van der Waals surface area contributed by atoms with Gasteiger partial charge in [-0.3, -0.25) is 0 Å². The van der Waals surface area contributed by atoms with Crippen molar-refractivity contribution in [3.05, 3.63) is 0 Å². The molecule has 0 amide bonds. The second-order valence-electron chi connectivity index (χ2n) is 26.9. The van der Waals surface area contributed by atoms with Crippen LogP contribution in [0.25, 0.3) is 0 Å². The van der Waals surface area contributed by atoms with Crippen molar-refractivity contribution in [2.75, 3.05) is 0 Å².